The number of ether oxygens (including phenoxy) is 2. The monoisotopic (exact) mass is 548 g/mol. The van der Waals surface area contributed by atoms with Gasteiger partial charge in [-0.1, -0.05) is 18.2 Å². The quantitative estimate of drug-likeness (QED) is 0.501. The zero-order valence-corrected chi connectivity index (χ0v) is 24.9. The summed E-state index contributed by atoms with van der Waals surface area (Å²) in [4.78, 5) is 35.0. The van der Waals surface area contributed by atoms with Crippen LogP contribution in [0, 0.1) is 6.92 Å². The minimum absolute atomic E-state index is 0.102. The first-order chi connectivity index (χ1) is 19.1. The maximum absolute atomic E-state index is 13.6. The molecule has 40 heavy (non-hydrogen) atoms. The Balaban J connectivity index is 1.58. The van der Waals surface area contributed by atoms with Crippen LogP contribution in [-0.4, -0.2) is 60.3 Å². The number of fused-ring (bicyclic) bond motifs is 2. The number of amides is 2. The van der Waals surface area contributed by atoms with Crippen molar-refractivity contribution in [3.8, 4) is 5.88 Å². The number of carbonyl (C=O) groups excluding carboxylic acids is 2. The van der Waals surface area contributed by atoms with Crippen molar-refractivity contribution in [2.45, 2.75) is 84.9 Å². The van der Waals surface area contributed by atoms with E-state index in [0.717, 1.165) is 60.3 Å². The van der Waals surface area contributed by atoms with Crippen molar-refractivity contribution in [3.63, 3.8) is 0 Å². The van der Waals surface area contributed by atoms with Gasteiger partial charge in [0.15, 0.2) is 0 Å². The van der Waals surface area contributed by atoms with Gasteiger partial charge in [0.25, 0.3) is 5.91 Å². The molecule has 2 aliphatic heterocycles. The Morgan fingerprint density at radius 3 is 2.60 bits per heavy atom. The van der Waals surface area contributed by atoms with E-state index in [4.69, 9.17) is 9.47 Å². The molecule has 8 nitrogen and oxygen atoms in total. The summed E-state index contributed by atoms with van der Waals surface area (Å²) >= 11 is 0. The smallest absolute Gasteiger partial charge is 0.410 e. The summed E-state index contributed by atoms with van der Waals surface area (Å²) in [5.74, 6) is 0.468. The Kier molecular flexibility index (Phi) is 9.38. The number of nitrogens with one attached hydrogen (secondary N) is 1. The zero-order chi connectivity index (χ0) is 28.9. The number of rotatable bonds is 4. The largest absolute Gasteiger partial charge is 0.481 e. The van der Waals surface area contributed by atoms with Gasteiger partial charge in [-0.05, 0) is 96.0 Å². The molecule has 1 saturated heterocycles. The molecule has 8 heteroatoms. The maximum Gasteiger partial charge on any atom is 0.410 e. The molecule has 4 rings (SSSR count). The molecule has 0 saturated carbocycles. The van der Waals surface area contributed by atoms with Crippen LogP contribution in [0.15, 0.2) is 36.4 Å². The van der Waals surface area contributed by atoms with E-state index in [1.807, 2.05) is 44.7 Å². The number of benzene rings is 1. The van der Waals surface area contributed by atoms with Crippen molar-refractivity contribution in [2.24, 2.45) is 0 Å². The minimum atomic E-state index is -0.504. The fourth-order valence-corrected chi connectivity index (χ4v) is 5.72. The number of methoxy groups -OCH3 is 1. The normalized spacial score (nSPS) is 17.4. The van der Waals surface area contributed by atoms with Gasteiger partial charge in [-0.3, -0.25) is 4.79 Å². The summed E-state index contributed by atoms with van der Waals surface area (Å²) in [6, 6.07) is 8.37. The van der Waals surface area contributed by atoms with Gasteiger partial charge in [0.1, 0.15) is 5.60 Å². The van der Waals surface area contributed by atoms with Gasteiger partial charge in [-0.2, -0.15) is 0 Å². The van der Waals surface area contributed by atoms with E-state index < -0.39 is 5.60 Å². The molecule has 1 fully saturated rings. The van der Waals surface area contributed by atoms with Gasteiger partial charge >= 0.3 is 6.09 Å². The van der Waals surface area contributed by atoms with Gasteiger partial charge in [0.05, 0.1) is 7.11 Å². The number of carbonyl (C=O) groups is 2. The first-order valence-electron chi connectivity index (χ1n) is 14.4. The Morgan fingerprint density at radius 1 is 1.18 bits per heavy atom. The van der Waals surface area contributed by atoms with Gasteiger partial charge in [-0.25, -0.2) is 9.78 Å². The van der Waals surface area contributed by atoms with Crippen LogP contribution in [-0.2, 0) is 24.1 Å². The predicted octanol–water partition coefficient (Wildman–Crippen LogP) is 5.60. The SMILES string of the molecule is CCN(c1cccc2c1C/C=C/CCc1cc(C)nc(OC)c1CNC2=O)C1CCN(C(=O)OC(C)(C)C)CC1. The fourth-order valence-electron chi connectivity index (χ4n) is 5.72. The van der Waals surface area contributed by atoms with Gasteiger partial charge < -0.3 is 24.6 Å². The average Bonchev–Trinajstić information content (AvgIpc) is 2.91. The first-order valence-corrected chi connectivity index (χ1v) is 14.4. The molecule has 0 bridgehead atoms. The molecule has 3 heterocycles. The average molecular weight is 549 g/mol. The zero-order valence-electron chi connectivity index (χ0n) is 24.9. The maximum atomic E-state index is 13.6. The Bertz CT molecular complexity index is 1240. The molecule has 1 N–H and O–H groups in total. The van der Waals surface area contributed by atoms with E-state index in [1.165, 1.54) is 0 Å². The van der Waals surface area contributed by atoms with Crippen molar-refractivity contribution in [1.29, 1.82) is 0 Å². The molecule has 1 aromatic heterocycles. The Labute approximate surface area is 238 Å². The van der Waals surface area contributed by atoms with Crippen molar-refractivity contribution >= 4 is 17.7 Å². The third-order valence-corrected chi connectivity index (χ3v) is 7.60. The van der Waals surface area contributed by atoms with E-state index in [1.54, 1.807) is 7.11 Å². The highest BCUT2D eigenvalue weighted by molar-refractivity contribution is 5.97. The summed E-state index contributed by atoms with van der Waals surface area (Å²) in [7, 11) is 1.62. The summed E-state index contributed by atoms with van der Waals surface area (Å²) < 4.78 is 11.2. The van der Waals surface area contributed by atoms with Crippen molar-refractivity contribution < 1.29 is 19.1 Å². The van der Waals surface area contributed by atoms with E-state index >= 15 is 0 Å². The third kappa shape index (κ3) is 6.95. The number of nitrogens with zero attached hydrogens (tertiary/aromatic N) is 3. The molecule has 0 radical (unpaired) electrons. The lowest BCUT2D eigenvalue weighted by atomic mass is 9.96. The highest BCUT2D eigenvalue weighted by atomic mass is 16.6. The second-order valence-corrected chi connectivity index (χ2v) is 11.6. The Hall–Kier alpha value is -3.55. The van der Waals surface area contributed by atoms with Gasteiger partial charge in [0, 0.05) is 54.7 Å². The lowest BCUT2D eigenvalue weighted by molar-refractivity contribution is 0.0204. The van der Waals surface area contributed by atoms with Crippen LogP contribution >= 0.6 is 0 Å². The number of anilines is 1. The van der Waals surface area contributed by atoms with Crippen molar-refractivity contribution in [1.82, 2.24) is 15.2 Å². The third-order valence-electron chi connectivity index (χ3n) is 7.60. The molecular weight excluding hydrogens is 504 g/mol. The van der Waals surface area contributed by atoms with Crippen molar-refractivity contribution in [3.05, 3.63) is 64.4 Å². The number of aromatic nitrogens is 1. The molecule has 0 unspecified atom stereocenters. The summed E-state index contributed by atoms with van der Waals surface area (Å²) in [5.41, 5.74) is 5.29. The topological polar surface area (TPSA) is 84.0 Å². The van der Waals surface area contributed by atoms with Gasteiger partial charge in [0.2, 0.25) is 5.88 Å². The minimum Gasteiger partial charge on any atom is -0.481 e. The molecule has 2 amide bonds. The van der Waals surface area contributed by atoms with Crippen LogP contribution in [0.2, 0.25) is 0 Å². The van der Waals surface area contributed by atoms with E-state index in [2.05, 4.69) is 46.4 Å². The molecule has 216 valence electrons. The second kappa shape index (κ2) is 12.7. The van der Waals surface area contributed by atoms with Crippen LogP contribution < -0.4 is 15.0 Å². The fraction of sp³-hybridized carbons (Fsp3) is 0.531. The number of hydrogen-bond acceptors (Lipinski definition) is 6. The van der Waals surface area contributed by atoms with E-state index in [-0.39, 0.29) is 18.0 Å². The Morgan fingerprint density at radius 2 is 1.93 bits per heavy atom. The standard InChI is InChI=1S/C32H44N4O4/c1-7-36(24-16-18-35(19-17-24)31(38)40-32(3,4)5)28-15-11-14-26-25(28)13-10-8-9-12-23-20-22(2)34-30(39-6)27(23)21-33-29(26)37/h8,10-11,14-15,20,24H,7,9,12-13,16-19,21H2,1-6H3,(H,33,37)/b10-8+. The first kappa shape index (κ1) is 29.4. The number of pyridine rings is 1. The molecule has 1 aromatic carbocycles. The summed E-state index contributed by atoms with van der Waals surface area (Å²) in [5, 5.41) is 3.15. The van der Waals surface area contributed by atoms with Crippen LogP contribution in [0.25, 0.3) is 0 Å². The highest BCUT2D eigenvalue weighted by Gasteiger charge is 2.30. The highest BCUT2D eigenvalue weighted by Crippen LogP contribution is 2.31. The van der Waals surface area contributed by atoms with Crippen LogP contribution in [0.3, 0.4) is 0 Å². The van der Waals surface area contributed by atoms with E-state index in [0.29, 0.717) is 37.5 Å². The number of piperidine rings is 1. The number of aryl methyl sites for hydroxylation is 2. The number of allylic oxidation sites excluding steroid dienone is 2. The van der Waals surface area contributed by atoms with Crippen LogP contribution in [0.4, 0.5) is 10.5 Å². The van der Waals surface area contributed by atoms with Gasteiger partial charge in [-0.15, -0.1) is 0 Å². The summed E-state index contributed by atoms with van der Waals surface area (Å²) in [6.45, 7) is 12.3. The van der Waals surface area contributed by atoms with Crippen LogP contribution in [0.5, 0.6) is 5.88 Å². The molecule has 0 aliphatic carbocycles. The second-order valence-electron chi connectivity index (χ2n) is 11.6. The van der Waals surface area contributed by atoms with E-state index in [9.17, 15) is 9.59 Å². The number of hydrogen-bond donors (Lipinski definition) is 1. The lowest BCUT2D eigenvalue weighted by Gasteiger charge is -2.40. The molecule has 2 aliphatic rings. The molecule has 2 aromatic rings. The molecule has 0 atom stereocenters. The van der Waals surface area contributed by atoms with Crippen molar-refractivity contribution in [2.75, 3.05) is 31.6 Å². The number of likely N-dealkylation sites (tertiary alicyclic amines) is 1. The van der Waals surface area contributed by atoms with Crippen LogP contribution in [0.1, 0.15) is 79.7 Å². The lowest BCUT2D eigenvalue weighted by Crippen LogP contribution is -2.48. The molecule has 0 spiro atoms. The predicted molar refractivity (Wildman–Crippen MR) is 158 cm³/mol. The molecular formula is C32H44N4O4. The summed E-state index contributed by atoms with van der Waals surface area (Å²) in [6.07, 6.45) is 8.27.